The third-order valence-electron chi connectivity index (χ3n) is 3.01. The molecule has 1 unspecified atom stereocenters. The predicted molar refractivity (Wildman–Crippen MR) is 76.7 cm³/mol. The molecule has 0 spiro atoms. The van der Waals surface area contributed by atoms with E-state index in [1.165, 1.54) is 12.1 Å². The highest BCUT2D eigenvalue weighted by atomic mass is 19.4. The van der Waals surface area contributed by atoms with Crippen LogP contribution < -0.4 is 5.32 Å². The van der Waals surface area contributed by atoms with Gasteiger partial charge in [-0.05, 0) is 44.4 Å². The number of rotatable bonds is 7. The number of benzene rings is 1. The van der Waals surface area contributed by atoms with Gasteiger partial charge in [-0.25, -0.2) is 0 Å². The van der Waals surface area contributed by atoms with E-state index in [-0.39, 0.29) is 6.04 Å². The zero-order valence-corrected chi connectivity index (χ0v) is 12.1. The SMILES string of the molecule is C=C(C)CC(Cc1cccc(C(F)(F)F)c1)NCCC. The van der Waals surface area contributed by atoms with Gasteiger partial charge in [0.15, 0.2) is 0 Å². The summed E-state index contributed by atoms with van der Waals surface area (Å²) in [6, 6.07) is 5.69. The van der Waals surface area contributed by atoms with Crippen LogP contribution in [0.4, 0.5) is 13.2 Å². The summed E-state index contributed by atoms with van der Waals surface area (Å²) in [4.78, 5) is 0. The van der Waals surface area contributed by atoms with Crippen molar-refractivity contribution in [1.29, 1.82) is 0 Å². The molecule has 1 nitrogen and oxygen atoms in total. The van der Waals surface area contributed by atoms with E-state index in [0.717, 1.165) is 31.0 Å². The topological polar surface area (TPSA) is 12.0 Å². The fourth-order valence-corrected chi connectivity index (χ4v) is 2.14. The predicted octanol–water partition coefficient (Wildman–Crippen LogP) is 4.58. The smallest absolute Gasteiger partial charge is 0.313 e. The summed E-state index contributed by atoms with van der Waals surface area (Å²) >= 11 is 0. The van der Waals surface area contributed by atoms with Crippen LogP contribution in [0.3, 0.4) is 0 Å². The van der Waals surface area contributed by atoms with Crippen LogP contribution in [-0.2, 0) is 12.6 Å². The highest BCUT2D eigenvalue weighted by Crippen LogP contribution is 2.29. The molecular weight excluding hydrogens is 263 g/mol. The zero-order chi connectivity index (χ0) is 15.2. The van der Waals surface area contributed by atoms with Crippen LogP contribution in [0.15, 0.2) is 36.4 Å². The van der Waals surface area contributed by atoms with Crippen molar-refractivity contribution >= 4 is 0 Å². The molecule has 0 fully saturated rings. The van der Waals surface area contributed by atoms with Crippen LogP contribution in [0.2, 0.25) is 0 Å². The molecule has 1 aromatic carbocycles. The van der Waals surface area contributed by atoms with E-state index >= 15 is 0 Å². The van der Waals surface area contributed by atoms with Crippen molar-refractivity contribution in [2.75, 3.05) is 6.54 Å². The van der Waals surface area contributed by atoms with Gasteiger partial charge in [0.05, 0.1) is 5.56 Å². The number of hydrogen-bond donors (Lipinski definition) is 1. The Bertz CT molecular complexity index is 438. The highest BCUT2D eigenvalue weighted by Gasteiger charge is 2.30. The number of halogens is 3. The summed E-state index contributed by atoms with van der Waals surface area (Å²) in [5.41, 5.74) is 1.15. The van der Waals surface area contributed by atoms with Gasteiger partial charge < -0.3 is 5.32 Å². The first-order chi connectivity index (χ1) is 9.32. The molecule has 0 aliphatic carbocycles. The van der Waals surface area contributed by atoms with Crippen LogP contribution in [0.5, 0.6) is 0 Å². The maximum Gasteiger partial charge on any atom is 0.416 e. The Labute approximate surface area is 118 Å². The van der Waals surface area contributed by atoms with E-state index in [1.807, 2.05) is 6.92 Å². The first-order valence-electron chi connectivity index (χ1n) is 6.86. The van der Waals surface area contributed by atoms with E-state index in [2.05, 4.69) is 18.8 Å². The molecule has 0 aliphatic rings. The Morgan fingerprint density at radius 1 is 1.35 bits per heavy atom. The molecule has 0 bridgehead atoms. The highest BCUT2D eigenvalue weighted by molar-refractivity contribution is 5.26. The minimum atomic E-state index is -4.28. The Balaban J connectivity index is 2.79. The fraction of sp³-hybridized carbons (Fsp3) is 0.500. The molecule has 1 rings (SSSR count). The molecule has 4 heteroatoms. The number of alkyl halides is 3. The summed E-state index contributed by atoms with van der Waals surface area (Å²) < 4.78 is 38.1. The summed E-state index contributed by atoms with van der Waals surface area (Å²) in [5.74, 6) is 0. The Morgan fingerprint density at radius 2 is 2.05 bits per heavy atom. The minimum Gasteiger partial charge on any atom is -0.313 e. The van der Waals surface area contributed by atoms with Gasteiger partial charge in [0.2, 0.25) is 0 Å². The second-order valence-corrected chi connectivity index (χ2v) is 5.21. The van der Waals surface area contributed by atoms with Crippen molar-refractivity contribution < 1.29 is 13.2 Å². The van der Waals surface area contributed by atoms with Crippen molar-refractivity contribution in [3.05, 3.63) is 47.5 Å². The van der Waals surface area contributed by atoms with E-state index in [1.54, 1.807) is 6.07 Å². The van der Waals surface area contributed by atoms with Gasteiger partial charge in [-0.1, -0.05) is 30.7 Å². The molecule has 0 radical (unpaired) electrons. The minimum absolute atomic E-state index is 0.135. The largest absolute Gasteiger partial charge is 0.416 e. The van der Waals surface area contributed by atoms with E-state index in [9.17, 15) is 13.2 Å². The fourth-order valence-electron chi connectivity index (χ4n) is 2.14. The van der Waals surface area contributed by atoms with Gasteiger partial charge in [-0.15, -0.1) is 6.58 Å². The Hall–Kier alpha value is -1.29. The molecule has 1 atom stereocenters. The molecule has 0 saturated carbocycles. The van der Waals surface area contributed by atoms with E-state index < -0.39 is 11.7 Å². The van der Waals surface area contributed by atoms with Crippen LogP contribution in [0.1, 0.15) is 37.8 Å². The normalized spacial score (nSPS) is 13.2. The maximum atomic E-state index is 12.7. The Morgan fingerprint density at radius 3 is 2.60 bits per heavy atom. The van der Waals surface area contributed by atoms with Gasteiger partial charge in [0, 0.05) is 6.04 Å². The number of hydrogen-bond acceptors (Lipinski definition) is 1. The molecule has 0 heterocycles. The monoisotopic (exact) mass is 285 g/mol. The molecule has 0 aromatic heterocycles. The quantitative estimate of drug-likeness (QED) is 0.723. The van der Waals surface area contributed by atoms with Crippen molar-refractivity contribution in [3.63, 3.8) is 0 Å². The molecule has 0 saturated heterocycles. The molecular formula is C16H22F3N. The summed E-state index contributed by atoms with van der Waals surface area (Å²) in [6.07, 6.45) is -1.93. The van der Waals surface area contributed by atoms with Gasteiger partial charge in [0.1, 0.15) is 0 Å². The van der Waals surface area contributed by atoms with Gasteiger partial charge >= 0.3 is 6.18 Å². The van der Waals surface area contributed by atoms with Gasteiger partial charge in [0.25, 0.3) is 0 Å². The maximum absolute atomic E-state index is 12.7. The van der Waals surface area contributed by atoms with Crippen LogP contribution in [0, 0.1) is 0 Å². The lowest BCUT2D eigenvalue weighted by molar-refractivity contribution is -0.137. The Kier molecular flexibility index (Phi) is 6.27. The standard InChI is InChI=1S/C16H22F3N/c1-4-8-20-15(9-12(2)3)11-13-6-5-7-14(10-13)16(17,18)19/h5-7,10,15,20H,2,4,8-9,11H2,1,3H3. The first kappa shape index (κ1) is 16.8. The first-order valence-corrected chi connectivity index (χ1v) is 6.86. The van der Waals surface area contributed by atoms with Crippen molar-refractivity contribution in [1.82, 2.24) is 5.32 Å². The molecule has 112 valence electrons. The third kappa shape index (κ3) is 5.78. The van der Waals surface area contributed by atoms with E-state index in [0.29, 0.717) is 12.0 Å². The zero-order valence-electron chi connectivity index (χ0n) is 12.1. The van der Waals surface area contributed by atoms with E-state index in [4.69, 9.17) is 0 Å². The lowest BCUT2D eigenvalue weighted by Gasteiger charge is -2.19. The van der Waals surface area contributed by atoms with Crippen LogP contribution in [0.25, 0.3) is 0 Å². The number of nitrogens with one attached hydrogen (secondary N) is 1. The van der Waals surface area contributed by atoms with Gasteiger partial charge in [-0.2, -0.15) is 13.2 Å². The molecule has 1 aromatic rings. The second kappa shape index (κ2) is 7.48. The molecule has 0 aliphatic heterocycles. The average molecular weight is 285 g/mol. The third-order valence-corrected chi connectivity index (χ3v) is 3.01. The average Bonchev–Trinajstić information content (AvgIpc) is 2.34. The molecule has 0 amide bonds. The second-order valence-electron chi connectivity index (χ2n) is 5.21. The summed E-state index contributed by atoms with van der Waals surface area (Å²) in [6.45, 7) is 8.74. The van der Waals surface area contributed by atoms with Crippen LogP contribution >= 0.6 is 0 Å². The summed E-state index contributed by atoms with van der Waals surface area (Å²) in [5, 5.41) is 3.37. The summed E-state index contributed by atoms with van der Waals surface area (Å²) in [7, 11) is 0. The van der Waals surface area contributed by atoms with Crippen molar-refractivity contribution in [2.45, 2.75) is 45.3 Å². The molecule has 20 heavy (non-hydrogen) atoms. The van der Waals surface area contributed by atoms with Gasteiger partial charge in [-0.3, -0.25) is 0 Å². The lowest BCUT2D eigenvalue weighted by atomic mass is 9.98. The lowest BCUT2D eigenvalue weighted by Crippen LogP contribution is -2.32. The van der Waals surface area contributed by atoms with Crippen LogP contribution in [-0.4, -0.2) is 12.6 Å². The van der Waals surface area contributed by atoms with Crippen molar-refractivity contribution in [2.24, 2.45) is 0 Å². The molecule has 1 N–H and O–H groups in total. The van der Waals surface area contributed by atoms with Crippen molar-refractivity contribution in [3.8, 4) is 0 Å².